The molecule has 0 radical (unpaired) electrons. The fourth-order valence-electron chi connectivity index (χ4n) is 5.49. The Labute approximate surface area is 182 Å². The van der Waals surface area contributed by atoms with Gasteiger partial charge in [0, 0.05) is 71.6 Å². The normalized spacial score (nSPS) is 24.3. The van der Waals surface area contributed by atoms with E-state index in [0.717, 1.165) is 38.1 Å². The first-order chi connectivity index (χ1) is 15.0. The second kappa shape index (κ2) is 7.89. The van der Waals surface area contributed by atoms with Gasteiger partial charge in [0.1, 0.15) is 23.0 Å². The fourth-order valence-corrected chi connectivity index (χ4v) is 5.49. The van der Waals surface area contributed by atoms with Crippen molar-refractivity contribution in [2.75, 3.05) is 60.0 Å². The minimum Gasteiger partial charge on any atom is -0.383 e. The topological polar surface area (TPSA) is 73.6 Å². The Morgan fingerprint density at radius 3 is 2.77 bits per heavy atom. The molecule has 0 aliphatic carbocycles. The van der Waals surface area contributed by atoms with Crippen LogP contribution in [0.2, 0.25) is 0 Å². The van der Waals surface area contributed by atoms with Crippen molar-refractivity contribution in [3.05, 3.63) is 36.3 Å². The zero-order valence-electron chi connectivity index (χ0n) is 18.2. The average molecular weight is 427 g/mol. The summed E-state index contributed by atoms with van der Waals surface area (Å²) in [6.07, 6.45) is 5.20. The van der Waals surface area contributed by atoms with Crippen molar-refractivity contribution in [3.8, 4) is 0 Å². The van der Waals surface area contributed by atoms with Crippen LogP contribution in [0.1, 0.15) is 23.3 Å². The third-order valence-electron chi connectivity index (χ3n) is 7.13. The monoisotopic (exact) mass is 426 g/mol. The van der Waals surface area contributed by atoms with Gasteiger partial charge in [-0.2, -0.15) is 0 Å². The van der Waals surface area contributed by atoms with Crippen molar-refractivity contribution >= 4 is 17.5 Å². The van der Waals surface area contributed by atoms with Crippen molar-refractivity contribution < 1.29 is 14.3 Å². The van der Waals surface area contributed by atoms with Crippen LogP contribution in [-0.2, 0) is 9.53 Å². The van der Waals surface area contributed by atoms with Crippen molar-refractivity contribution in [2.45, 2.75) is 24.5 Å². The number of rotatable bonds is 4. The molecule has 31 heavy (non-hydrogen) atoms. The maximum Gasteiger partial charge on any atom is 0.274 e. The molecular weight excluding hydrogens is 396 g/mol. The van der Waals surface area contributed by atoms with Gasteiger partial charge in [0.2, 0.25) is 5.91 Å². The smallest absolute Gasteiger partial charge is 0.274 e. The second-order valence-electron chi connectivity index (χ2n) is 8.82. The van der Waals surface area contributed by atoms with E-state index in [1.165, 1.54) is 0 Å². The van der Waals surface area contributed by atoms with Gasteiger partial charge in [0.15, 0.2) is 0 Å². The molecule has 166 valence electrons. The molecule has 2 amide bonds. The van der Waals surface area contributed by atoms with Crippen LogP contribution < -0.4 is 0 Å². The summed E-state index contributed by atoms with van der Waals surface area (Å²) in [5, 5.41) is 0. The van der Waals surface area contributed by atoms with Crippen LogP contribution >= 0.6 is 0 Å². The first-order valence-corrected chi connectivity index (χ1v) is 11.0. The number of nitrogens with zero attached hydrogens (tertiary/aromatic N) is 6. The number of piperazine rings is 1. The van der Waals surface area contributed by atoms with E-state index in [0.29, 0.717) is 31.9 Å². The first kappa shape index (κ1) is 20.4. The van der Waals surface area contributed by atoms with Crippen LogP contribution in [-0.4, -0.2) is 113 Å². The number of carbonyl (C=O) groups excluding carboxylic acids is 2. The molecule has 0 bridgehead atoms. The van der Waals surface area contributed by atoms with Crippen molar-refractivity contribution in [1.29, 1.82) is 0 Å². The van der Waals surface area contributed by atoms with E-state index in [1.807, 2.05) is 38.6 Å². The molecule has 0 saturated carbocycles. The Bertz CT molecular complexity index is 950. The van der Waals surface area contributed by atoms with Crippen LogP contribution in [0.15, 0.2) is 30.6 Å². The molecule has 3 fully saturated rings. The van der Waals surface area contributed by atoms with Gasteiger partial charge in [-0.05, 0) is 19.2 Å². The van der Waals surface area contributed by atoms with E-state index in [9.17, 15) is 9.59 Å². The van der Waals surface area contributed by atoms with Gasteiger partial charge < -0.3 is 23.8 Å². The lowest BCUT2D eigenvalue weighted by molar-refractivity contribution is -0.134. The average Bonchev–Trinajstić information content (AvgIpc) is 3.31. The maximum atomic E-state index is 13.3. The summed E-state index contributed by atoms with van der Waals surface area (Å²) in [5.41, 5.74) is 0.919. The number of carbonyl (C=O) groups is 2. The number of fused-ring (bicyclic) bond motifs is 3. The summed E-state index contributed by atoms with van der Waals surface area (Å²) in [6.45, 7) is 4.92. The predicted octanol–water partition coefficient (Wildman–Crippen LogP) is 0.371. The zero-order chi connectivity index (χ0) is 21.6. The number of methoxy groups -OCH3 is 1. The van der Waals surface area contributed by atoms with E-state index in [-0.39, 0.29) is 23.5 Å². The second-order valence-corrected chi connectivity index (χ2v) is 8.82. The van der Waals surface area contributed by atoms with Gasteiger partial charge in [-0.1, -0.05) is 6.07 Å². The summed E-state index contributed by atoms with van der Waals surface area (Å²) in [7, 11) is 3.75. The highest BCUT2D eigenvalue weighted by Gasteiger charge is 2.58. The number of likely N-dealkylation sites (tertiary alicyclic amines) is 1. The Morgan fingerprint density at radius 2 is 2.03 bits per heavy atom. The molecule has 3 aliphatic rings. The lowest BCUT2D eigenvalue weighted by Gasteiger charge is -2.50. The minimum atomic E-state index is -0.322. The molecule has 1 atom stereocenters. The Balaban J connectivity index is 1.36. The lowest BCUT2D eigenvalue weighted by atomic mass is 9.93. The molecule has 5 rings (SSSR count). The van der Waals surface area contributed by atoms with Crippen LogP contribution in [0.4, 0.5) is 0 Å². The number of piperidine rings is 1. The number of likely N-dealkylation sites (N-methyl/N-ethyl adjacent to an activating group) is 1. The molecule has 9 nitrogen and oxygen atoms in total. The highest BCUT2D eigenvalue weighted by Crippen LogP contribution is 2.41. The number of ether oxygens (including phenoxy) is 1. The number of aromatic nitrogens is 2. The molecule has 2 aromatic rings. The van der Waals surface area contributed by atoms with Gasteiger partial charge >= 0.3 is 0 Å². The Hall–Kier alpha value is -2.49. The van der Waals surface area contributed by atoms with E-state index in [1.54, 1.807) is 13.3 Å². The molecule has 3 aliphatic heterocycles. The number of amides is 2. The van der Waals surface area contributed by atoms with E-state index in [2.05, 4.69) is 21.8 Å². The van der Waals surface area contributed by atoms with E-state index >= 15 is 0 Å². The van der Waals surface area contributed by atoms with E-state index < -0.39 is 0 Å². The van der Waals surface area contributed by atoms with Gasteiger partial charge in [-0.15, -0.1) is 0 Å². The number of hydrogen-bond donors (Lipinski definition) is 0. The Morgan fingerprint density at radius 1 is 1.23 bits per heavy atom. The zero-order valence-corrected chi connectivity index (χ0v) is 18.2. The summed E-state index contributed by atoms with van der Waals surface area (Å²) >= 11 is 0. The minimum absolute atomic E-state index is 0.0405. The van der Waals surface area contributed by atoms with Crippen molar-refractivity contribution in [3.63, 3.8) is 0 Å². The summed E-state index contributed by atoms with van der Waals surface area (Å²) in [6, 6.07) is 5.63. The van der Waals surface area contributed by atoms with Crippen LogP contribution in [0.3, 0.4) is 0 Å². The first-order valence-electron chi connectivity index (χ1n) is 11.0. The fraction of sp³-hybridized carbons (Fsp3) is 0.591. The largest absolute Gasteiger partial charge is 0.383 e. The van der Waals surface area contributed by atoms with Gasteiger partial charge in [0.25, 0.3) is 5.91 Å². The van der Waals surface area contributed by atoms with Crippen LogP contribution in [0.25, 0.3) is 5.65 Å². The van der Waals surface area contributed by atoms with Gasteiger partial charge in [-0.3, -0.25) is 14.5 Å². The standard InChI is InChI=1S/C22H30N6O3/c1-24-11-12-27-18(16-24)21(30)28(13-14-31-2)22(27)6-9-25(10-7-22)20(29)17-15-26-8-4-3-5-19(26)23-17/h3-5,8,15,18H,6-7,9-14,16H2,1-2H3/t18-/m1/s1. The molecule has 2 aromatic heterocycles. The molecule has 0 aromatic carbocycles. The lowest BCUT2D eigenvalue weighted by Crippen LogP contribution is -2.63. The predicted molar refractivity (Wildman–Crippen MR) is 115 cm³/mol. The highest BCUT2D eigenvalue weighted by molar-refractivity contribution is 5.93. The molecule has 1 spiro atoms. The molecule has 5 heterocycles. The maximum absolute atomic E-state index is 13.3. The van der Waals surface area contributed by atoms with Crippen LogP contribution in [0, 0.1) is 0 Å². The molecule has 9 heteroatoms. The van der Waals surface area contributed by atoms with E-state index in [4.69, 9.17) is 4.74 Å². The number of pyridine rings is 1. The molecule has 0 N–H and O–H groups in total. The van der Waals surface area contributed by atoms with Crippen LogP contribution in [0.5, 0.6) is 0 Å². The third kappa shape index (κ3) is 3.31. The van der Waals surface area contributed by atoms with Crippen molar-refractivity contribution in [1.82, 2.24) is 29.0 Å². The molecular formula is C22H30N6O3. The summed E-state index contributed by atoms with van der Waals surface area (Å²) in [5.74, 6) is 0.157. The highest BCUT2D eigenvalue weighted by atomic mass is 16.5. The SMILES string of the molecule is COCCN1C(=O)[C@H]2CN(C)CCN2C12CCN(C(=O)c1cn3ccccc3n1)CC2. The Kier molecular flexibility index (Phi) is 5.19. The molecule has 3 saturated heterocycles. The summed E-state index contributed by atoms with van der Waals surface area (Å²) < 4.78 is 7.18. The van der Waals surface area contributed by atoms with Gasteiger partial charge in [-0.25, -0.2) is 4.98 Å². The molecule has 0 unspecified atom stereocenters. The van der Waals surface area contributed by atoms with Crippen molar-refractivity contribution in [2.24, 2.45) is 0 Å². The summed E-state index contributed by atoms with van der Waals surface area (Å²) in [4.78, 5) is 39.5. The number of hydrogen-bond acceptors (Lipinski definition) is 6. The number of imidazole rings is 1. The third-order valence-corrected chi connectivity index (χ3v) is 7.13. The van der Waals surface area contributed by atoms with Gasteiger partial charge in [0.05, 0.1) is 6.61 Å². The quantitative estimate of drug-likeness (QED) is 0.704.